The van der Waals surface area contributed by atoms with E-state index in [0.29, 0.717) is 33.3 Å². The van der Waals surface area contributed by atoms with Gasteiger partial charge in [-0.15, -0.1) is 16.8 Å². The summed E-state index contributed by atoms with van der Waals surface area (Å²) in [7, 11) is 0. The molecule has 1 heterocycles. The molecular weight excluding hydrogens is 476 g/mol. The van der Waals surface area contributed by atoms with Gasteiger partial charge in [-0.25, -0.2) is 4.39 Å². The predicted molar refractivity (Wildman–Crippen MR) is 125 cm³/mol. The van der Waals surface area contributed by atoms with E-state index in [1.807, 2.05) is 0 Å². The summed E-state index contributed by atoms with van der Waals surface area (Å²) >= 11 is 13.0. The van der Waals surface area contributed by atoms with Crippen molar-refractivity contribution in [1.29, 1.82) is 0 Å². The normalized spacial score (nSPS) is 10.6. The van der Waals surface area contributed by atoms with Crippen LogP contribution >= 0.6 is 35.0 Å². The van der Waals surface area contributed by atoms with Gasteiger partial charge in [0.2, 0.25) is 11.8 Å². The van der Waals surface area contributed by atoms with E-state index in [-0.39, 0.29) is 23.8 Å². The Balaban J connectivity index is 1.63. The smallest absolute Gasteiger partial charge is 0.234 e. The van der Waals surface area contributed by atoms with Crippen molar-refractivity contribution >= 4 is 58.2 Å². The zero-order chi connectivity index (χ0) is 23.1. The van der Waals surface area contributed by atoms with E-state index in [0.717, 1.165) is 11.8 Å². The van der Waals surface area contributed by atoms with Crippen molar-refractivity contribution in [1.82, 2.24) is 14.8 Å². The van der Waals surface area contributed by atoms with Crippen molar-refractivity contribution in [2.45, 2.75) is 18.1 Å². The van der Waals surface area contributed by atoms with Crippen LogP contribution in [0.2, 0.25) is 10.0 Å². The Morgan fingerprint density at radius 1 is 1.09 bits per heavy atom. The van der Waals surface area contributed by atoms with E-state index in [4.69, 9.17) is 23.2 Å². The lowest BCUT2D eigenvalue weighted by Crippen LogP contribution is -2.18. The van der Waals surface area contributed by atoms with Crippen LogP contribution in [-0.4, -0.2) is 32.3 Å². The third kappa shape index (κ3) is 6.56. The number of thioether (sulfide) groups is 1. The maximum atomic E-state index is 13.8. The van der Waals surface area contributed by atoms with Gasteiger partial charge >= 0.3 is 0 Å². The molecule has 0 atom stereocenters. The molecule has 0 spiro atoms. The van der Waals surface area contributed by atoms with Gasteiger partial charge in [0.05, 0.1) is 17.9 Å². The fourth-order valence-corrected chi connectivity index (χ4v) is 4.02. The second-order valence-electron chi connectivity index (χ2n) is 6.50. The van der Waals surface area contributed by atoms with Crippen LogP contribution in [0, 0.1) is 5.82 Å². The Morgan fingerprint density at radius 2 is 1.81 bits per heavy atom. The molecule has 0 aliphatic heterocycles. The molecule has 2 aromatic carbocycles. The Bertz CT molecular complexity index is 1130. The Morgan fingerprint density at radius 3 is 2.50 bits per heavy atom. The van der Waals surface area contributed by atoms with Gasteiger partial charge in [0.25, 0.3) is 0 Å². The van der Waals surface area contributed by atoms with Crippen molar-refractivity contribution < 1.29 is 14.0 Å². The molecule has 3 aromatic rings. The van der Waals surface area contributed by atoms with E-state index in [2.05, 4.69) is 27.4 Å². The molecule has 0 fully saturated rings. The lowest BCUT2D eigenvalue weighted by molar-refractivity contribution is -0.116. The van der Waals surface area contributed by atoms with Gasteiger partial charge in [0, 0.05) is 22.3 Å². The number of amides is 2. The number of para-hydroxylation sites is 1. The number of hydrogen-bond donors (Lipinski definition) is 2. The number of carbonyl (C=O) groups is 2. The summed E-state index contributed by atoms with van der Waals surface area (Å²) in [6.07, 6.45) is 1.50. The van der Waals surface area contributed by atoms with Crippen LogP contribution in [0.1, 0.15) is 5.82 Å². The number of nitrogens with one attached hydrogen (secondary N) is 2. The number of hydrogen-bond acceptors (Lipinski definition) is 5. The van der Waals surface area contributed by atoms with Crippen molar-refractivity contribution in [3.05, 3.63) is 76.8 Å². The van der Waals surface area contributed by atoms with E-state index < -0.39 is 11.7 Å². The Hall–Kier alpha value is -2.88. The monoisotopic (exact) mass is 493 g/mol. The number of benzene rings is 2. The Labute approximate surface area is 198 Å². The van der Waals surface area contributed by atoms with Crippen LogP contribution in [0.4, 0.5) is 15.8 Å². The summed E-state index contributed by atoms with van der Waals surface area (Å²) in [4.78, 5) is 24.6. The summed E-state index contributed by atoms with van der Waals surface area (Å²) in [5.41, 5.74) is 0.561. The van der Waals surface area contributed by atoms with Gasteiger partial charge in [-0.05, 0) is 30.3 Å². The van der Waals surface area contributed by atoms with E-state index >= 15 is 0 Å². The van der Waals surface area contributed by atoms with E-state index in [1.165, 1.54) is 18.2 Å². The van der Waals surface area contributed by atoms with E-state index in [1.54, 1.807) is 34.9 Å². The summed E-state index contributed by atoms with van der Waals surface area (Å²) in [6.45, 7) is 4.04. The number of anilines is 2. The predicted octanol–water partition coefficient (Wildman–Crippen LogP) is 4.82. The fourth-order valence-electron chi connectivity index (χ4n) is 2.72. The van der Waals surface area contributed by atoms with Crippen molar-refractivity contribution in [3.63, 3.8) is 0 Å². The number of rotatable bonds is 9. The topological polar surface area (TPSA) is 88.9 Å². The van der Waals surface area contributed by atoms with E-state index in [9.17, 15) is 14.0 Å². The summed E-state index contributed by atoms with van der Waals surface area (Å²) in [5.74, 6) is -0.860. The average Bonchev–Trinajstić information content (AvgIpc) is 3.09. The first-order valence-corrected chi connectivity index (χ1v) is 11.1. The highest BCUT2D eigenvalue weighted by Gasteiger charge is 2.17. The van der Waals surface area contributed by atoms with Gasteiger partial charge in [-0.3, -0.25) is 9.59 Å². The molecule has 0 bridgehead atoms. The second-order valence-corrected chi connectivity index (χ2v) is 8.31. The van der Waals surface area contributed by atoms with Gasteiger partial charge in [-0.2, -0.15) is 0 Å². The first-order valence-electron chi connectivity index (χ1n) is 9.32. The Kier molecular flexibility index (Phi) is 8.26. The molecule has 0 saturated heterocycles. The van der Waals surface area contributed by atoms with Crippen LogP contribution < -0.4 is 10.6 Å². The number of carbonyl (C=O) groups excluding carboxylic acids is 2. The first kappa shape index (κ1) is 23.8. The number of allylic oxidation sites excluding steroid dienone is 1. The maximum Gasteiger partial charge on any atom is 0.234 e. The molecule has 2 amide bonds. The van der Waals surface area contributed by atoms with Crippen LogP contribution in [0.25, 0.3) is 0 Å². The number of aromatic nitrogens is 3. The zero-order valence-electron chi connectivity index (χ0n) is 16.6. The van der Waals surface area contributed by atoms with Crippen molar-refractivity contribution in [2.24, 2.45) is 0 Å². The van der Waals surface area contributed by atoms with Crippen LogP contribution in [-0.2, 0) is 22.6 Å². The highest BCUT2D eigenvalue weighted by atomic mass is 35.5. The van der Waals surface area contributed by atoms with Gasteiger partial charge in [-0.1, -0.05) is 53.2 Å². The molecule has 0 aliphatic rings. The molecule has 0 unspecified atom stereocenters. The summed E-state index contributed by atoms with van der Waals surface area (Å²) in [5, 5.41) is 14.6. The molecule has 0 aliphatic carbocycles. The van der Waals surface area contributed by atoms with Crippen LogP contribution in [0.15, 0.2) is 60.3 Å². The average molecular weight is 494 g/mol. The lowest BCUT2D eigenvalue weighted by Gasteiger charge is -2.09. The molecule has 1 aromatic heterocycles. The molecule has 2 N–H and O–H groups in total. The molecule has 166 valence electrons. The summed E-state index contributed by atoms with van der Waals surface area (Å²) in [6, 6.07) is 10.6. The zero-order valence-corrected chi connectivity index (χ0v) is 19.0. The molecule has 0 saturated carbocycles. The van der Waals surface area contributed by atoms with Gasteiger partial charge < -0.3 is 15.2 Å². The van der Waals surface area contributed by atoms with Gasteiger partial charge in [0.15, 0.2) is 5.16 Å². The van der Waals surface area contributed by atoms with Crippen molar-refractivity contribution in [3.8, 4) is 0 Å². The molecule has 0 radical (unpaired) electrons. The largest absolute Gasteiger partial charge is 0.325 e. The number of halogens is 3. The van der Waals surface area contributed by atoms with Crippen molar-refractivity contribution in [2.75, 3.05) is 16.4 Å². The minimum absolute atomic E-state index is 0.0425. The SMILES string of the molecule is C=CCn1c(CC(=O)Nc2ccccc2F)nnc1SCC(=O)Nc1cc(Cl)cc(Cl)c1. The first-order chi connectivity index (χ1) is 15.4. The fraction of sp³-hybridized carbons (Fsp3) is 0.143. The molecule has 11 heteroatoms. The highest BCUT2D eigenvalue weighted by molar-refractivity contribution is 7.99. The standard InChI is InChI=1S/C21H18Cl2FN5O2S/c1-2-7-29-18(11-19(30)26-17-6-4-3-5-16(17)24)27-28-21(29)32-12-20(31)25-15-9-13(22)8-14(23)10-15/h2-6,8-10H,1,7,11-12H2,(H,25,31)(H,26,30). The minimum atomic E-state index is -0.531. The molecular formula is C21H18Cl2FN5O2S. The third-order valence-electron chi connectivity index (χ3n) is 4.05. The molecule has 7 nitrogen and oxygen atoms in total. The summed E-state index contributed by atoms with van der Waals surface area (Å²) < 4.78 is 15.4. The quantitative estimate of drug-likeness (QED) is 0.329. The molecule has 32 heavy (non-hydrogen) atoms. The second kappa shape index (κ2) is 11.1. The highest BCUT2D eigenvalue weighted by Crippen LogP contribution is 2.23. The third-order valence-corrected chi connectivity index (χ3v) is 5.45. The lowest BCUT2D eigenvalue weighted by atomic mass is 10.3. The molecule has 3 rings (SSSR count). The number of nitrogens with zero attached hydrogens (tertiary/aromatic N) is 3. The maximum absolute atomic E-state index is 13.8. The van der Waals surface area contributed by atoms with Crippen LogP contribution in [0.5, 0.6) is 0 Å². The van der Waals surface area contributed by atoms with Crippen LogP contribution in [0.3, 0.4) is 0 Å². The van der Waals surface area contributed by atoms with Gasteiger partial charge in [0.1, 0.15) is 11.6 Å². The minimum Gasteiger partial charge on any atom is -0.325 e.